The molecule has 29 heavy (non-hydrogen) atoms. The van der Waals surface area contributed by atoms with Gasteiger partial charge in [-0.25, -0.2) is 4.79 Å². The monoisotopic (exact) mass is 405 g/mol. The summed E-state index contributed by atoms with van der Waals surface area (Å²) < 4.78 is 5.02. The van der Waals surface area contributed by atoms with E-state index in [9.17, 15) is 14.4 Å². The number of nitrogens with zero attached hydrogens (tertiary/aromatic N) is 1. The number of amides is 3. The first-order valence-corrected chi connectivity index (χ1v) is 11.4. The van der Waals surface area contributed by atoms with E-state index >= 15 is 0 Å². The van der Waals surface area contributed by atoms with E-state index in [1.54, 1.807) is 11.8 Å². The molecule has 5 rings (SSSR count). The molecule has 0 aromatic rings. The van der Waals surface area contributed by atoms with Crippen molar-refractivity contribution < 1.29 is 19.1 Å². The molecule has 1 saturated heterocycles. The highest BCUT2D eigenvalue weighted by atomic mass is 16.6. The fraction of sp³-hybridized carbons (Fsp3) is 0.864. The molecule has 7 nitrogen and oxygen atoms in total. The third kappa shape index (κ3) is 4.24. The van der Waals surface area contributed by atoms with Crippen LogP contribution in [0.3, 0.4) is 0 Å². The zero-order valence-corrected chi connectivity index (χ0v) is 17.7. The average molecular weight is 406 g/mol. The fourth-order valence-electron chi connectivity index (χ4n) is 6.80. The quantitative estimate of drug-likeness (QED) is 0.703. The van der Waals surface area contributed by atoms with Crippen molar-refractivity contribution in [2.24, 2.45) is 23.2 Å². The van der Waals surface area contributed by atoms with Crippen LogP contribution < -0.4 is 10.6 Å². The number of ether oxygens (including phenoxy) is 1. The fourth-order valence-corrected chi connectivity index (χ4v) is 6.80. The number of nitrogens with one attached hydrogen (secondary N) is 2. The van der Waals surface area contributed by atoms with Crippen molar-refractivity contribution in [1.29, 1.82) is 0 Å². The van der Waals surface area contributed by atoms with Gasteiger partial charge >= 0.3 is 17.9 Å². The van der Waals surface area contributed by atoms with Crippen molar-refractivity contribution in [2.45, 2.75) is 77.3 Å². The molecule has 0 radical (unpaired) electrons. The van der Waals surface area contributed by atoms with E-state index < -0.39 is 11.8 Å². The SMILES string of the molecule is CCOC(=O)N1CCC(NC(=O)C(=O)NC(C)C23CC4CC(CC(C4)C2)C3)CC1. The number of rotatable bonds is 4. The van der Waals surface area contributed by atoms with Crippen molar-refractivity contribution in [3.05, 3.63) is 0 Å². The standard InChI is InChI=1S/C22H35N3O4/c1-3-29-21(28)25-6-4-18(5-7-25)24-20(27)19(26)23-14(2)22-11-15-8-16(12-22)10-17(9-15)13-22/h14-18H,3-13H2,1-2H3,(H,23,26)(H,24,27). The van der Waals surface area contributed by atoms with E-state index in [2.05, 4.69) is 17.6 Å². The zero-order chi connectivity index (χ0) is 20.6. The Labute approximate surface area is 173 Å². The zero-order valence-electron chi connectivity index (χ0n) is 17.7. The first-order valence-electron chi connectivity index (χ1n) is 11.4. The lowest BCUT2D eigenvalue weighted by Gasteiger charge is -2.59. The molecule has 4 bridgehead atoms. The molecule has 3 amide bonds. The smallest absolute Gasteiger partial charge is 0.409 e. The lowest BCUT2D eigenvalue weighted by atomic mass is 9.48. The predicted molar refractivity (Wildman–Crippen MR) is 108 cm³/mol. The number of piperidine rings is 1. The summed E-state index contributed by atoms with van der Waals surface area (Å²) in [5, 5.41) is 5.89. The Morgan fingerprint density at radius 2 is 1.55 bits per heavy atom. The summed E-state index contributed by atoms with van der Waals surface area (Å²) in [4.78, 5) is 38.5. The van der Waals surface area contributed by atoms with Crippen LogP contribution in [0.2, 0.25) is 0 Å². The van der Waals surface area contributed by atoms with Crippen LogP contribution in [-0.4, -0.2) is 54.6 Å². The van der Waals surface area contributed by atoms with Gasteiger partial charge in [-0.1, -0.05) is 0 Å². The van der Waals surface area contributed by atoms with Gasteiger partial charge in [-0.2, -0.15) is 0 Å². The summed E-state index contributed by atoms with van der Waals surface area (Å²) in [7, 11) is 0. The minimum Gasteiger partial charge on any atom is -0.450 e. The average Bonchev–Trinajstić information content (AvgIpc) is 2.67. The Kier molecular flexibility index (Phi) is 5.76. The maximum Gasteiger partial charge on any atom is 0.409 e. The lowest BCUT2D eigenvalue weighted by Crippen LogP contribution is -2.58. The molecule has 162 valence electrons. The first kappa shape index (κ1) is 20.5. The van der Waals surface area contributed by atoms with Gasteiger partial charge in [0.15, 0.2) is 0 Å². The van der Waals surface area contributed by atoms with Gasteiger partial charge in [-0.3, -0.25) is 9.59 Å². The summed E-state index contributed by atoms with van der Waals surface area (Å²) in [5.74, 6) is 1.40. The van der Waals surface area contributed by atoms with E-state index in [-0.39, 0.29) is 23.6 Å². The molecular weight excluding hydrogens is 370 g/mol. The third-order valence-electron chi connectivity index (χ3n) is 7.91. The highest BCUT2D eigenvalue weighted by molar-refractivity contribution is 6.35. The Morgan fingerprint density at radius 3 is 2.07 bits per heavy atom. The maximum absolute atomic E-state index is 12.6. The van der Waals surface area contributed by atoms with Gasteiger partial charge in [-0.05, 0) is 88.4 Å². The van der Waals surface area contributed by atoms with Crippen LogP contribution >= 0.6 is 0 Å². The van der Waals surface area contributed by atoms with Crippen molar-refractivity contribution in [3.8, 4) is 0 Å². The van der Waals surface area contributed by atoms with Crippen LogP contribution in [0.1, 0.15) is 65.2 Å². The molecule has 0 aromatic heterocycles. The van der Waals surface area contributed by atoms with E-state index in [1.165, 1.54) is 38.5 Å². The molecule has 0 aromatic carbocycles. The van der Waals surface area contributed by atoms with Gasteiger partial charge in [0.1, 0.15) is 0 Å². The summed E-state index contributed by atoms with van der Waals surface area (Å²) >= 11 is 0. The number of hydrogen-bond acceptors (Lipinski definition) is 4. The van der Waals surface area contributed by atoms with Gasteiger partial charge in [-0.15, -0.1) is 0 Å². The molecule has 4 aliphatic carbocycles. The predicted octanol–water partition coefficient (Wildman–Crippen LogP) is 2.44. The molecule has 4 saturated carbocycles. The summed E-state index contributed by atoms with van der Waals surface area (Å²) in [6.45, 7) is 5.31. The van der Waals surface area contributed by atoms with E-state index in [1.807, 2.05) is 0 Å². The summed E-state index contributed by atoms with van der Waals surface area (Å²) in [6.07, 6.45) is 8.68. The second-order valence-electron chi connectivity index (χ2n) is 9.91. The Bertz CT molecular complexity index is 621. The summed E-state index contributed by atoms with van der Waals surface area (Å²) in [5.41, 5.74) is 0.190. The second kappa shape index (κ2) is 8.15. The van der Waals surface area contributed by atoms with Crippen LogP contribution in [-0.2, 0) is 14.3 Å². The number of hydrogen-bond donors (Lipinski definition) is 2. The van der Waals surface area contributed by atoms with E-state index in [4.69, 9.17) is 4.74 Å². The summed E-state index contributed by atoms with van der Waals surface area (Å²) in [6, 6.07) is -0.0337. The molecule has 1 unspecified atom stereocenters. The molecule has 1 atom stereocenters. The van der Waals surface area contributed by atoms with Crippen LogP contribution in [0.5, 0.6) is 0 Å². The molecule has 1 aliphatic heterocycles. The van der Waals surface area contributed by atoms with E-state index in [0.717, 1.165) is 17.8 Å². The molecule has 5 fully saturated rings. The highest BCUT2D eigenvalue weighted by Crippen LogP contribution is 2.61. The lowest BCUT2D eigenvalue weighted by molar-refractivity contribution is -0.142. The van der Waals surface area contributed by atoms with Crippen molar-refractivity contribution in [2.75, 3.05) is 19.7 Å². The van der Waals surface area contributed by atoms with Crippen LogP contribution in [0.4, 0.5) is 4.79 Å². The van der Waals surface area contributed by atoms with Crippen molar-refractivity contribution in [3.63, 3.8) is 0 Å². The minimum absolute atomic E-state index is 0.0415. The molecule has 2 N–H and O–H groups in total. The molecular formula is C22H35N3O4. The van der Waals surface area contributed by atoms with Crippen molar-refractivity contribution in [1.82, 2.24) is 15.5 Å². The van der Waals surface area contributed by atoms with Crippen molar-refractivity contribution >= 4 is 17.9 Å². The van der Waals surface area contributed by atoms with Crippen LogP contribution in [0, 0.1) is 23.2 Å². The molecule has 1 heterocycles. The van der Waals surface area contributed by atoms with Crippen LogP contribution in [0.25, 0.3) is 0 Å². The van der Waals surface area contributed by atoms with Gasteiger partial charge in [0.05, 0.1) is 6.61 Å². The van der Waals surface area contributed by atoms with E-state index in [0.29, 0.717) is 32.5 Å². The minimum atomic E-state index is -0.545. The van der Waals surface area contributed by atoms with Gasteiger partial charge in [0, 0.05) is 25.2 Å². The number of likely N-dealkylation sites (tertiary alicyclic amines) is 1. The normalized spacial score (nSPS) is 34.6. The number of carbonyl (C=O) groups is 3. The first-order chi connectivity index (χ1) is 13.9. The topological polar surface area (TPSA) is 87.7 Å². The van der Waals surface area contributed by atoms with Gasteiger partial charge in [0.25, 0.3) is 0 Å². The highest BCUT2D eigenvalue weighted by Gasteiger charge is 2.53. The third-order valence-corrected chi connectivity index (χ3v) is 7.91. The molecule has 0 spiro atoms. The number of carbonyl (C=O) groups excluding carboxylic acids is 3. The molecule has 7 heteroatoms. The Morgan fingerprint density at radius 1 is 1.00 bits per heavy atom. The maximum atomic E-state index is 12.6. The molecule has 5 aliphatic rings. The second-order valence-corrected chi connectivity index (χ2v) is 9.91. The van der Waals surface area contributed by atoms with Gasteiger partial charge < -0.3 is 20.3 Å². The largest absolute Gasteiger partial charge is 0.450 e. The van der Waals surface area contributed by atoms with Gasteiger partial charge in [0.2, 0.25) is 0 Å². The Balaban J connectivity index is 1.25. The Hall–Kier alpha value is -1.79. The van der Waals surface area contributed by atoms with Crippen LogP contribution in [0.15, 0.2) is 0 Å².